The van der Waals surface area contributed by atoms with Gasteiger partial charge >= 0.3 is 6.03 Å². The Morgan fingerprint density at radius 3 is 2.52 bits per heavy atom. The van der Waals surface area contributed by atoms with Crippen molar-refractivity contribution in [2.75, 3.05) is 11.9 Å². The van der Waals surface area contributed by atoms with Gasteiger partial charge in [-0.2, -0.15) is 0 Å². The van der Waals surface area contributed by atoms with Gasteiger partial charge in [-0.1, -0.05) is 41.9 Å². The van der Waals surface area contributed by atoms with E-state index in [2.05, 4.69) is 10.6 Å². The van der Waals surface area contributed by atoms with Gasteiger partial charge in [-0.25, -0.2) is 4.79 Å². The van der Waals surface area contributed by atoms with Crippen LogP contribution in [0.5, 0.6) is 0 Å². The van der Waals surface area contributed by atoms with Crippen LogP contribution in [-0.2, 0) is 11.3 Å². The van der Waals surface area contributed by atoms with Crippen molar-refractivity contribution in [3.05, 3.63) is 65.2 Å². The first-order chi connectivity index (χ1) is 12.1. The smallest absolute Gasteiger partial charge is 0.322 e. The third-order valence-electron chi connectivity index (χ3n) is 4.22. The highest BCUT2D eigenvalue weighted by Gasteiger charge is 2.33. The lowest BCUT2D eigenvalue weighted by atomic mass is 10.2. The van der Waals surface area contributed by atoms with Crippen LogP contribution in [0.3, 0.4) is 0 Å². The molecule has 5 nitrogen and oxygen atoms in total. The highest BCUT2D eigenvalue weighted by atomic mass is 35.5. The van der Waals surface area contributed by atoms with E-state index in [1.807, 2.05) is 30.3 Å². The molecule has 1 fully saturated rings. The Balaban J connectivity index is 1.58. The second kappa shape index (κ2) is 8.03. The number of amides is 3. The minimum absolute atomic E-state index is 0.118. The summed E-state index contributed by atoms with van der Waals surface area (Å²) < 4.78 is 0. The Morgan fingerprint density at radius 1 is 1.08 bits per heavy atom. The van der Waals surface area contributed by atoms with E-state index in [0.29, 0.717) is 30.2 Å². The quantitative estimate of drug-likeness (QED) is 0.877. The van der Waals surface area contributed by atoms with Crippen molar-refractivity contribution in [2.24, 2.45) is 0 Å². The van der Waals surface area contributed by atoms with E-state index in [0.717, 1.165) is 12.0 Å². The molecule has 2 aromatic carbocycles. The third kappa shape index (κ3) is 4.51. The molecule has 0 radical (unpaired) electrons. The molecule has 3 rings (SSSR count). The molecule has 0 bridgehead atoms. The molecule has 3 amide bonds. The Kier molecular flexibility index (Phi) is 5.56. The van der Waals surface area contributed by atoms with E-state index in [9.17, 15) is 9.59 Å². The Morgan fingerprint density at radius 2 is 1.80 bits per heavy atom. The predicted octanol–water partition coefficient (Wildman–Crippen LogP) is 3.65. The Bertz CT molecular complexity index is 734. The molecule has 6 heteroatoms. The van der Waals surface area contributed by atoms with E-state index in [-0.39, 0.29) is 11.9 Å². The van der Waals surface area contributed by atoms with Gasteiger partial charge in [0.1, 0.15) is 6.04 Å². The standard InChI is InChI=1S/C19H20ClN3O2/c20-15-8-10-16(11-9-15)22-19(25)23-12-4-7-17(23)18(24)21-13-14-5-2-1-3-6-14/h1-3,5-6,8-11,17H,4,7,12-13H2,(H,21,24)(H,22,25)/t17-/m1/s1. The first-order valence-electron chi connectivity index (χ1n) is 8.28. The number of urea groups is 1. The number of nitrogens with zero attached hydrogens (tertiary/aromatic N) is 1. The van der Waals surface area contributed by atoms with Crippen LogP contribution in [-0.4, -0.2) is 29.4 Å². The molecule has 1 aliphatic rings. The van der Waals surface area contributed by atoms with Gasteiger partial charge in [0, 0.05) is 23.8 Å². The summed E-state index contributed by atoms with van der Waals surface area (Å²) in [6, 6.07) is 15.9. The molecule has 1 atom stereocenters. The first-order valence-corrected chi connectivity index (χ1v) is 8.66. The van der Waals surface area contributed by atoms with Crippen molar-refractivity contribution in [2.45, 2.75) is 25.4 Å². The summed E-state index contributed by atoms with van der Waals surface area (Å²) >= 11 is 5.85. The number of benzene rings is 2. The summed E-state index contributed by atoms with van der Waals surface area (Å²) in [5, 5.41) is 6.35. The van der Waals surface area contributed by atoms with Crippen LogP contribution in [0.15, 0.2) is 54.6 Å². The molecule has 0 saturated carbocycles. The molecule has 0 aliphatic carbocycles. The summed E-state index contributed by atoms with van der Waals surface area (Å²) in [4.78, 5) is 26.6. The van der Waals surface area contributed by atoms with Gasteiger partial charge in [-0.05, 0) is 42.7 Å². The molecule has 2 aromatic rings. The zero-order valence-electron chi connectivity index (χ0n) is 13.7. The van der Waals surface area contributed by atoms with Gasteiger partial charge in [0.2, 0.25) is 5.91 Å². The number of carbonyl (C=O) groups is 2. The normalized spacial score (nSPS) is 16.5. The summed E-state index contributed by atoms with van der Waals surface area (Å²) in [5.74, 6) is -0.118. The monoisotopic (exact) mass is 357 g/mol. The van der Waals surface area contributed by atoms with E-state index in [1.165, 1.54) is 0 Å². The number of hydrogen-bond donors (Lipinski definition) is 2. The lowest BCUT2D eigenvalue weighted by Gasteiger charge is -2.24. The average Bonchev–Trinajstić information content (AvgIpc) is 3.12. The third-order valence-corrected chi connectivity index (χ3v) is 4.47. The van der Waals surface area contributed by atoms with E-state index >= 15 is 0 Å². The molecule has 1 heterocycles. The van der Waals surface area contributed by atoms with Crippen molar-refractivity contribution in [1.29, 1.82) is 0 Å². The molecule has 1 aliphatic heterocycles. The number of rotatable bonds is 4. The number of halogens is 1. The van der Waals surface area contributed by atoms with Crippen molar-refractivity contribution < 1.29 is 9.59 Å². The van der Waals surface area contributed by atoms with Gasteiger partial charge in [-0.3, -0.25) is 4.79 Å². The van der Waals surface area contributed by atoms with Crippen LogP contribution in [0.25, 0.3) is 0 Å². The molecule has 0 aromatic heterocycles. The number of carbonyl (C=O) groups excluding carboxylic acids is 2. The Labute approximate surface area is 152 Å². The molecular formula is C19H20ClN3O2. The molecule has 1 saturated heterocycles. The number of nitrogens with one attached hydrogen (secondary N) is 2. The van der Waals surface area contributed by atoms with Crippen molar-refractivity contribution >= 4 is 29.2 Å². The summed E-state index contributed by atoms with van der Waals surface area (Å²) in [7, 11) is 0. The fraction of sp³-hybridized carbons (Fsp3) is 0.263. The van der Waals surface area contributed by atoms with E-state index in [1.54, 1.807) is 29.2 Å². The topological polar surface area (TPSA) is 61.4 Å². The van der Waals surface area contributed by atoms with E-state index in [4.69, 9.17) is 11.6 Å². The fourth-order valence-electron chi connectivity index (χ4n) is 2.91. The van der Waals surface area contributed by atoms with Crippen molar-refractivity contribution in [1.82, 2.24) is 10.2 Å². The Hall–Kier alpha value is -2.53. The van der Waals surface area contributed by atoms with E-state index < -0.39 is 6.04 Å². The second-order valence-corrected chi connectivity index (χ2v) is 6.43. The zero-order chi connectivity index (χ0) is 17.6. The lowest BCUT2D eigenvalue weighted by molar-refractivity contribution is -0.124. The lowest BCUT2D eigenvalue weighted by Crippen LogP contribution is -2.47. The number of hydrogen-bond acceptors (Lipinski definition) is 2. The molecule has 0 spiro atoms. The summed E-state index contributed by atoms with van der Waals surface area (Å²) in [6.45, 7) is 1.03. The van der Waals surface area contributed by atoms with Gasteiger partial charge in [0.05, 0.1) is 0 Å². The maximum absolute atomic E-state index is 12.5. The van der Waals surface area contributed by atoms with Gasteiger partial charge in [-0.15, -0.1) is 0 Å². The highest BCUT2D eigenvalue weighted by Crippen LogP contribution is 2.20. The molecule has 25 heavy (non-hydrogen) atoms. The molecule has 130 valence electrons. The van der Waals surface area contributed by atoms with Crippen molar-refractivity contribution in [3.63, 3.8) is 0 Å². The largest absolute Gasteiger partial charge is 0.350 e. The fourth-order valence-corrected chi connectivity index (χ4v) is 3.04. The average molecular weight is 358 g/mol. The number of likely N-dealkylation sites (tertiary alicyclic amines) is 1. The molecule has 2 N–H and O–H groups in total. The van der Waals surface area contributed by atoms with Crippen LogP contribution in [0.2, 0.25) is 5.02 Å². The minimum Gasteiger partial charge on any atom is -0.350 e. The van der Waals surface area contributed by atoms with Gasteiger partial charge < -0.3 is 15.5 Å². The predicted molar refractivity (Wildman–Crippen MR) is 98.5 cm³/mol. The number of anilines is 1. The zero-order valence-corrected chi connectivity index (χ0v) is 14.5. The van der Waals surface area contributed by atoms with Crippen LogP contribution < -0.4 is 10.6 Å². The van der Waals surface area contributed by atoms with Gasteiger partial charge in [0.25, 0.3) is 0 Å². The minimum atomic E-state index is -0.434. The van der Waals surface area contributed by atoms with Gasteiger partial charge in [0.15, 0.2) is 0 Å². The highest BCUT2D eigenvalue weighted by molar-refractivity contribution is 6.30. The van der Waals surface area contributed by atoms with Crippen molar-refractivity contribution in [3.8, 4) is 0 Å². The second-order valence-electron chi connectivity index (χ2n) is 5.99. The maximum atomic E-state index is 12.5. The molecule has 0 unspecified atom stereocenters. The first kappa shape index (κ1) is 17.3. The van der Waals surface area contributed by atoms with Crippen LogP contribution in [0, 0.1) is 0 Å². The SMILES string of the molecule is O=C(NCc1ccccc1)[C@H]1CCCN1C(=O)Nc1ccc(Cl)cc1. The summed E-state index contributed by atoms with van der Waals surface area (Å²) in [5.41, 5.74) is 1.69. The maximum Gasteiger partial charge on any atom is 0.322 e. The van der Waals surface area contributed by atoms with Crippen LogP contribution >= 0.6 is 11.6 Å². The summed E-state index contributed by atoms with van der Waals surface area (Å²) in [6.07, 6.45) is 1.49. The molecular weight excluding hydrogens is 338 g/mol. The van der Waals surface area contributed by atoms with Crippen LogP contribution in [0.1, 0.15) is 18.4 Å². The van der Waals surface area contributed by atoms with Crippen LogP contribution in [0.4, 0.5) is 10.5 Å².